The minimum Gasteiger partial charge on any atom is -0.492 e. The van der Waals surface area contributed by atoms with Crippen LogP contribution in [-0.4, -0.2) is 22.2 Å². The molecule has 3 aromatic rings. The van der Waals surface area contributed by atoms with Crippen LogP contribution in [0.3, 0.4) is 0 Å². The predicted molar refractivity (Wildman–Crippen MR) is 83.1 cm³/mol. The number of rotatable bonds is 3. The zero-order valence-electron chi connectivity index (χ0n) is 12.5. The molecule has 2 aromatic heterocycles. The van der Waals surface area contributed by atoms with E-state index in [0.29, 0.717) is 17.1 Å². The fourth-order valence-corrected chi connectivity index (χ4v) is 3.19. The van der Waals surface area contributed by atoms with Crippen LogP contribution in [0.2, 0.25) is 0 Å². The van der Waals surface area contributed by atoms with Gasteiger partial charge in [0.05, 0.1) is 17.0 Å². The van der Waals surface area contributed by atoms with Crippen molar-refractivity contribution in [3.8, 4) is 5.75 Å². The molecule has 3 rings (SSSR count). The van der Waals surface area contributed by atoms with E-state index in [1.165, 1.54) is 11.3 Å². The summed E-state index contributed by atoms with van der Waals surface area (Å²) in [6.07, 6.45) is 0. The number of hydrogen-bond acceptors (Lipinski definition) is 5. The summed E-state index contributed by atoms with van der Waals surface area (Å²) >= 11 is 1.43. The first-order chi connectivity index (χ1) is 10.6. The molecule has 0 saturated heterocycles. The van der Waals surface area contributed by atoms with Crippen LogP contribution < -0.4 is 9.54 Å². The molecule has 0 fully saturated rings. The third kappa shape index (κ3) is 2.55. The average Bonchev–Trinajstić information content (AvgIpc) is 3.05. The maximum atomic E-state index is 12.1. The van der Waals surface area contributed by atoms with Crippen molar-refractivity contribution in [3.63, 3.8) is 0 Å². The Bertz CT molecular complexity index is 904. The zero-order valence-corrected chi connectivity index (χ0v) is 13.3. The molecule has 0 N–H and O–H groups in total. The maximum Gasteiger partial charge on any atom is 0.318 e. The lowest BCUT2D eigenvalue weighted by Gasteiger charge is -2.05. The maximum absolute atomic E-state index is 12.1. The number of hydrogen-bond donors (Lipinski definition) is 0. The minimum atomic E-state index is -0.444. The highest BCUT2D eigenvalue weighted by molar-refractivity contribution is 7.16. The van der Waals surface area contributed by atoms with Gasteiger partial charge in [-0.25, -0.2) is 0 Å². The lowest BCUT2D eigenvalue weighted by molar-refractivity contribution is 0.0962. The molecule has 0 unspecified atom stereocenters. The number of fused-ring (bicyclic) bond motifs is 1. The highest BCUT2D eigenvalue weighted by Crippen LogP contribution is 2.26. The van der Waals surface area contributed by atoms with Crippen molar-refractivity contribution in [2.75, 3.05) is 6.61 Å². The molecule has 114 valence electrons. The van der Waals surface area contributed by atoms with Gasteiger partial charge in [0, 0.05) is 13.1 Å². The summed E-state index contributed by atoms with van der Waals surface area (Å²) in [7, 11) is 1.86. The van der Waals surface area contributed by atoms with Gasteiger partial charge < -0.3 is 13.8 Å². The van der Waals surface area contributed by atoms with Gasteiger partial charge in [-0.1, -0.05) is 22.6 Å². The van der Waals surface area contributed by atoms with Crippen molar-refractivity contribution >= 4 is 27.5 Å². The average molecular weight is 317 g/mol. The van der Waals surface area contributed by atoms with Gasteiger partial charge in [-0.2, -0.15) is 4.99 Å². The van der Waals surface area contributed by atoms with E-state index in [4.69, 9.17) is 9.26 Å². The molecule has 0 aliphatic heterocycles. The molecule has 6 nitrogen and oxygen atoms in total. The Hall–Kier alpha value is -2.41. The molecular weight excluding hydrogens is 302 g/mol. The Balaban J connectivity index is 2.11. The van der Waals surface area contributed by atoms with Gasteiger partial charge in [0.15, 0.2) is 4.80 Å². The molecule has 1 aromatic carbocycles. The van der Waals surface area contributed by atoms with Crippen molar-refractivity contribution in [1.29, 1.82) is 0 Å². The molecule has 0 saturated carbocycles. The van der Waals surface area contributed by atoms with Crippen LogP contribution >= 0.6 is 11.3 Å². The Kier molecular flexibility index (Phi) is 3.81. The van der Waals surface area contributed by atoms with Gasteiger partial charge in [0.25, 0.3) is 0 Å². The lowest BCUT2D eigenvalue weighted by Crippen LogP contribution is -2.13. The summed E-state index contributed by atoms with van der Waals surface area (Å²) in [5, 5.41) is 3.70. The smallest absolute Gasteiger partial charge is 0.318 e. The number of aryl methyl sites for hydroxylation is 2. The van der Waals surface area contributed by atoms with Gasteiger partial charge in [-0.05, 0) is 26.0 Å². The Morgan fingerprint density at radius 2 is 2.32 bits per heavy atom. The Morgan fingerprint density at radius 1 is 1.50 bits per heavy atom. The van der Waals surface area contributed by atoms with E-state index in [9.17, 15) is 4.79 Å². The Labute approximate surface area is 130 Å². The molecule has 0 aliphatic carbocycles. The van der Waals surface area contributed by atoms with E-state index in [1.54, 1.807) is 13.0 Å². The Morgan fingerprint density at radius 3 is 3.00 bits per heavy atom. The van der Waals surface area contributed by atoms with Crippen LogP contribution in [0, 0.1) is 6.92 Å². The minimum absolute atomic E-state index is 0.139. The fourth-order valence-electron chi connectivity index (χ4n) is 2.15. The molecule has 0 spiro atoms. The molecule has 1 amide bonds. The summed E-state index contributed by atoms with van der Waals surface area (Å²) in [4.78, 5) is 16.8. The topological polar surface area (TPSA) is 69.6 Å². The second kappa shape index (κ2) is 5.76. The first-order valence-corrected chi connectivity index (χ1v) is 7.65. The van der Waals surface area contributed by atoms with Crippen molar-refractivity contribution < 1.29 is 14.1 Å². The highest BCUT2D eigenvalue weighted by Gasteiger charge is 2.13. The molecule has 0 atom stereocenters. The zero-order chi connectivity index (χ0) is 15.7. The number of aromatic nitrogens is 2. The number of benzene rings is 1. The first-order valence-electron chi connectivity index (χ1n) is 6.84. The number of thiazole rings is 1. The number of ether oxygens (including phenoxy) is 1. The van der Waals surface area contributed by atoms with E-state index in [2.05, 4.69) is 10.1 Å². The molecule has 22 heavy (non-hydrogen) atoms. The summed E-state index contributed by atoms with van der Waals surface area (Å²) in [6, 6.07) is 7.38. The summed E-state index contributed by atoms with van der Waals surface area (Å²) in [6.45, 7) is 4.28. The van der Waals surface area contributed by atoms with Crippen LogP contribution in [0.1, 0.15) is 23.2 Å². The number of carbonyl (C=O) groups excluding carboxylic acids is 1. The second-order valence-corrected chi connectivity index (χ2v) is 5.74. The number of amides is 1. The standard InChI is InChI=1S/C15H15N3O3S/c1-4-20-10-6-5-7-12-13(10)18(3)15(22-12)16-14(19)11-8-9(2)17-21-11/h5-8H,4H2,1-3H3. The van der Waals surface area contributed by atoms with Crippen LogP contribution in [0.15, 0.2) is 33.8 Å². The molecule has 0 radical (unpaired) electrons. The largest absolute Gasteiger partial charge is 0.492 e. The third-order valence-electron chi connectivity index (χ3n) is 3.12. The third-order valence-corrected chi connectivity index (χ3v) is 4.22. The lowest BCUT2D eigenvalue weighted by atomic mass is 10.3. The van der Waals surface area contributed by atoms with Gasteiger partial charge in [0.1, 0.15) is 11.3 Å². The van der Waals surface area contributed by atoms with Crippen molar-refractivity contribution in [2.45, 2.75) is 13.8 Å². The van der Waals surface area contributed by atoms with E-state index >= 15 is 0 Å². The number of para-hydroxylation sites is 1. The van der Waals surface area contributed by atoms with Gasteiger partial charge in [-0.15, -0.1) is 0 Å². The first kappa shape index (κ1) is 14.5. The van der Waals surface area contributed by atoms with Gasteiger partial charge in [-0.3, -0.25) is 4.79 Å². The van der Waals surface area contributed by atoms with Crippen LogP contribution in [-0.2, 0) is 7.05 Å². The molecule has 0 bridgehead atoms. The summed E-state index contributed by atoms with van der Waals surface area (Å²) in [5.74, 6) is 0.476. The van der Waals surface area contributed by atoms with E-state index in [1.807, 2.05) is 36.7 Å². The predicted octanol–water partition coefficient (Wildman–Crippen LogP) is 2.68. The quantitative estimate of drug-likeness (QED) is 0.744. The normalized spacial score (nSPS) is 12.0. The molecule has 7 heteroatoms. The highest BCUT2D eigenvalue weighted by atomic mass is 32.1. The molecule has 2 heterocycles. The SMILES string of the molecule is CCOc1cccc2sc(=NC(=O)c3cc(C)no3)n(C)c12. The van der Waals surface area contributed by atoms with E-state index in [0.717, 1.165) is 16.0 Å². The number of carbonyl (C=O) groups is 1. The van der Waals surface area contributed by atoms with Crippen molar-refractivity contribution in [3.05, 3.63) is 40.5 Å². The number of nitrogens with zero attached hydrogens (tertiary/aromatic N) is 3. The monoisotopic (exact) mass is 317 g/mol. The van der Waals surface area contributed by atoms with Crippen LogP contribution in [0.4, 0.5) is 0 Å². The van der Waals surface area contributed by atoms with Gasteiger partial charge in [0.2, 0.25) is 5.76 Å². The van der Waals surface area contributed by atoms with E-state index in [-0.39, 0.29) is 5.76 Å². The van der Waals surface area contributed by atoms with E-state index < -0.39 is 5.91 Å². The van der Waals surface area contributed by atoms with Crippen molar-refractivity contribution in [1.82, 2.24) is 9.72 Å². The van der Waals surface area contributed by atoms with Crippen molar-refractivity contribution in [2.24, 2.45) is 12.0 Å². The van der Waals surface area contributed by atoms with Crippen LogP contribution in [0.25, 0.3) is 10.2 Å². The second-order valence-electron chi connectivity index (χ2n) is 4.73. The van der Waals surface area contributed by atoms with Crippen LogP contribution in [0.5, 0.6) is 5.75 Å². The molecule has 0 aliphatic rings. The van der Waals surface area contributed by atoms with Gasteiger partial charge >= 0.3 is 5.91 Å². The summed E-state index contributed by atoms with van der Waals surface area (Å²) in [5.41, 5.74) is 1.58. The summed E-state index contributed by atoms with van der Waals surface area (Å²) < 4.78 is 13.5. The fraction of sp³-hybridized carbons (Fsp3) is 0.267. The molecular formula is C15H15N3O3S.